The highest BCUT2D eigenvalue weighted by Crippen LogP contribution is 2.20. The van der Waals surface area contributed by atoms with Gasteiger partial charge in [0.25, 0.3) is 11.5 Å². The fraction of sp³-hybridized carbons (Fsp3) is 0.192. The quantitative estimate of drug-likeness (QED) is 0.527. The second kappa shape index (κ2) is 8.67. The molecule has 0 bridgehead atoms. The van der Waals surface area contributed by atoms with Crippen LogP contribution < -0.4 is 15.8 Å². The first-order valence-electron chi connectivity index (χ1n) is 10.9. The number of aromatic nitrogens is 2. The van der Waals surface area contributed by atoms with E-state index < -0.39 is 0 Å². The Morgan fingerprint density at radius 2 is 1.47 bits per heavy atom. The number of amides is 1. The molecule has 0 atom stereocenters. The Labute approximate surface area is 186 Å². The van der Waals surface area contributed by atoms with E-state index in [1.165, 1.54) is 23.2 Å². The summed E-state index contributed by atoms with van der Waals surface area (Å²) in [7, 11) is 0. The molecular weight excluding hydrogens is 400 g/mol. The van der Waals surface area contributed by atoms with Crippen molar-refractivity contribution in [3.63, 3.8) is 0 Å². The molecule has 1 aromatic heterocycles. The van der Waals surface area contributed by atoms with Crippen molar-refractivity contribution in [2.75, 3.05) is 18.0 Å². The van der Waals surface area contributed by atoms with Gasteiger partial charge >= 0.3 is 0 Å². The van der Waals surface area contributed by atoms with Crippen molar-refractivity contribution < 1.29 is 4.79 Å². The SMILES string of the molecule is O=C(NCc1ccc(N2CCCC2)cc1)c1nn(-c2ccccc2)c(=O)c2ccccc12. The van der Waals surface area contributed by atoms with Gasteiger partial charge in [-0.25, -0.2) is 0 Å². The smallest absolute Gasteiger partial charge is 0.279 e. The van der Waals surface area contributed by atoms with Crippen molar-refractivity contribution in [2.45, 2.75) is 19.4 Å². The van der Waals surface area contributed by atoms with Crippen LogP contribution in [0.3, 0.4) is 0 Å². The summed E-state index contributed by atoms with van der Waals surface area (Å²) in [5.41, 5.74) is 2.84. The van der Waals surface area contributed by atoms with Gasteiger partial charge in [-0.15, -0.1) is 0 Å². The third-order valence-electron chi connectivity index (χ3n) is 5.88. The van der Waals surface area contributed by atoms with E-state index in [1.54, 1.807) is 30.3 Å². The fourth-order valence-corrected chi connectivity index (χ4v) is 4.17. The molecule has 6 nitrogen and oxygen atoms in total. The molecule has 32 heavy (non-hydrogen) atoms. The van der Waals surface area contributed by atoms with Crippen LogP contribution in [0, 0.1) is 0 Å². The molecule has 6 heteroatoms. The summed E-state index contributed by atoms with van der Waals surface area (Å²) in [6, 6.07) is 24.5. The fourth-order valence-electron chi connectivity index (χ4n) is 4.17. The molecule has 0 aliphatic carbocycles. The zero-order chi connectivity index (χ0) is 21.9. The molecule has 1 fully saturated rings. The van der Waals surface area contributed by atoms with Crippen LogP contribution in [-0.2, 0) is 6.54 Å². The summed E-state index contributed by atoms with van der Waals surface area (Å²) in [5, 5.41) is 8.41. The minimum Gasteiger partial charge on any atom is -0.372 e. The number of carbonyl (C=O) groups is 1. The molecule has 1 N–H and O–H groups in total. The van der Waals surface area contributed by atoms with Gasteiger partial charge in [-0.3, -0.25) is 9.59 Å². The maximum atomic E-state index is 13.1. The standard InChI is InChI=1S/C26H24N4O2/c31-25(27-18-19-12-14-20(15-13-19)29-16-6-7-17-29)24-22-10-4-5-11-23(22)26(32)30(28-24)21-8-2-1-3-9-21/h1-5,8-15H,6-7,16-18H2,(H,27,31). The van der Waals surface area contributed by atoms with Gasteiger partial charge in [0.15, 0.2) is 5.69 Å². The molecule has 5 rings (SSSR count). The molecule has 3 aromatic carbocycles. The molecule has 1 saturated heterocycles. The number of carbonyl (C=O) groups excluding carboxylic acids is 1. The van der Waals surface area contributed by atoms with E-state index in [0.29, 0.717) is 23.0 Å². The van der Waals surface area contributed by atoms with E-state index >= 15 is 0 Å². The molecule has 160 valence electrons. The van der Waals surface area contributed by atoms with Crippen molar-refractivity contribution in [3.05, 3.63) is 100 Å². The third-order valence-corrected chi connectivity index (χ3v) is 5.88. The van der Waals surface area contributed by atoms with Gasteiger partial charge in [-0.1, -0.05) is 48.5 Å². The van der Waals surface area contributed by atoms with Crippen LogP contribution in [0.15, 0.2) is 83.7 Å². The number of nitrogens with one attached hydrogen (secondary N) is 1. The van der Waals surface area contributed by atoms with Crippen LogP contribution in [0.4, 0.5) is 5.69 Å². The molecule has 1 aliphatic rings. The van der Waals surface area contributed by atoms with Gasteiger partial charge in [0.2, 0.25) is 0 Å². The Balaban J connectivity index is 1.42. The average molecular weight is 425 g/mol. The minimum absolute atomic E-state index is 0.234. The number of hydrogen-bond donors (Lipinski definition) is 1. The normalized spacial score (nSPS) is 13.4. The number of benzene rings is 3. The first-order valence-corrected chi connectivity index (χ1v) is 10.9. The van der Waals surface area contributed by atoms with E-state index in [1.807, 2.05) is 36.4 Å². The monoisotopic (exact) mass is 424 g/mol. The van der Waals surface area contributed by atoms with Crippen LogP contribution in [0.5, 0.6) is 0 Å². The number of para-hydroxylation sites is 1. The van der Waals surface area contributed by atoms with Crippen molar-refractivity contribution in [1.82, 2.24) is 15.1 Å². The Hall–Kier alpha value is -3.93. The Morgan fingerprint density at radius 3 is 2.19 bits per heavy atom. The molecule has 1 amide bonds. The van der Waals surface area contributed by atoms with Crippen LogP contribution in [0.1, 0.15) is 28.9 Å². The number of hydrogen-bond acceptors (Lipinski definition) is 4. The van der Waals surface area contributed by atoms with Crippen LogP contribution in [0.2, 0.25) is 0 Å². The van der Waals surface area contributed by atoms with Crippen LogP contribution in [-0.4, -0.2) is 28.8 Å². The van der Waals surface area contributed by atoms with Gasteiger partial charge in [0.1, 0.15) is 0 Å². The van der Waals surface area contributed by atoms with E-state index in [4.69, 9.17) is 0 Å². The molecule has 4 aromatic rings. The Kier molecular flexibility index (Phi) is 5.42. The maximum absolute atomic E-state index is 13.1. The number of fused-ring (bicyclic) bond motifs is 1. The lowest BCUT2D eigenvalue weighted by Crippen LogP contribution is -2.29. The first kappa shape index (κ1) is 20.0. The van der Waals surface area contributed by atoms with E-state index in [9.17, 15) is 9.59 Å². The lowest BCUT2D eigenvalue weighted by atomic mass is 10.1. The summed E-state index contributed by atoms with van der Waals surface area (Å²) in [6.07, 6.45) is 2.48. The minimum atomic E-state index is -0.311. The summed E-state index contributed by atoms with van der Waals surface area (Å²) in [4.78, 5) is 28.5. The highest BCUT2D eigenvalue weighted by molar-refractivity contribution is 6.04. The molecule has 1 aliphatic heterocycles. The van der Waals surface area contributed by atoms with E-state index in [-0.39, 0.29) is 17.2 Å². The molecule has 0 saturated carbocycles. The third kappa shape index (κ3) is 3.87. The zero-order valence-electron chi connectivity index (χ0n) is 17.7. The summed E-state index contributed by atoms with van der Waals surface area (Å²) in [6.45, 7) is 2.59. The van der Waals surface area contributed by atoms with Gasteiger partial charge in [0, 0.05) is 30.7 Å². The largest absolute Gasteiger partial charge is 0.372 e. The van der Waals surface area contributed by atoms with Crippen molar-refractivity contribution in [2.24, 2.45) is 0 Å². The van der Waals surface area contributed by atoms with Crippen molar-refractivity contribution in [1.29, 1.82) is 0 Å². The van der Waals surface area contributed by atoms with Gasteiger partial charge < -0.3 is 10.2 Å². The first-order chi connectivity index (χ1) is 15.7. The van der Waals surface area contributed by atoms with Crippen LogP contribution in [0.25, 0.3) is 16.5 Å². The number of anilines is 1. The molecule has 0 unspecified atom stereocenters. The predicted octanol–water partition coefficient (Wildman–Crippen LogP) is 3.92. The number of nitrogens with zero attached hydrogens (tertiary/aromatic N) is 3. The van der Waals surface area contributed by atoms with Gasteiger partial charge in [-0.2, -0.15) is 9.78 Å². The molecule has 0 radical (unpaired) electrons. The average Bonchev–Trinajstić information content (AvgIpc) is 3.39. The molecular formula is C26H24N4O2. The Bertz CT molecular complexity index is 1310. The predicted molar refractivity (Wildman–Crippen MR) is 126 cm³/mol. The topological polar surface area (TPSA) is 67.2 Å². The van der Waals surface area contributed by atoms with E-state index in [0.717, 1.165) is 18.7 Å². The second-order valence-electron chi connectivity index (χ2n) is 7.99. The maximum Gasteiger partial charge on any atom is 0.279 e. The lowest BCUT2D eigenvalue weighted by Gasteiger charge is -2.17. The van der Waals surface area contributed by atoms with E-state index in [2.05, 4.69) is 27.4 Å². The summed E-state index contributed by atoms with van der Waals surface area (Å²) in [5.74, 6) is -0.311. The highest BCUT2D eigenvalue weighted by Gasteiger charge is 2.17. The highest BCUT2D eigenvalue weighted by atomic mass is 16.2. The zero-order valence-corrected chi connectivity index (χ0v) is 17.7. The summed E-state index contributed by atoms with van der Waals surface area (Å²) >= 11 is 0. The van der Waals surface area contributed by atoms with Gasteiger partial charge in [0.05, 0.1) is 11.1 Å². The van der Waals surface area contributed by atoms with Crippen molar-refractivity contribution >= 4 is 22.4 Å². The molecule has 0 spiro atoms. The molecule has 2 heterocycles. The van der Waals surface area contributed by atoms with Crippen LogP contribution >= 0.6 is 0 Å². The number of rotatable bonds is 5. The lowest BCUT2D eigenvalue weighted by molar-refractivity contribution is 0.0946. The summed E-state index contributed by atoms with van der Waals surface area (Å²) < 4.78 is 1.29. The van der Waals surface area contributed by atoms with Gasteiger partial charge in [-0.05, 0) is 48.7 Å². The Morgan fingerprint density at radius 1 is 0.812 bits per heavy atom. The van der Waals surface area contributed by atoms with Crippen molar-refractivity contribution in [3.8, 4) is 5.69 Å². The second-order valence-corrected chi connectivity index (χ2v) is 7.99.